The molecule has 1 saturated carbocycles. The van der Waals surface area contributed by atoms with Crippen LogP contribution < -0.4 is 0 Å². The van der Waals surface area contributed by atoms with Crippen molar-refractivity contribution in [1.82, 2.24) is 4.90 Å². The summed E-state index contributed by atoms with van der Waals surface area (Å²) in [4.78, 5) is 2.30. The van der Waals surface area contributed by atoms with Gasteiger partial charge in [-0.3, -0.25) is 4.90 Å². The number of aliphatic hydroxyl groups excluding tert-OH is 1. The average Bonchev–Trinajstić information content (AvgIpc) is 2.71. The highest BCUT2D eigenvalue weighted by molar-refractivity contribution is 6.31. The molecule has 2 N–H and O–H groups in total. The zero-order chi connectivity index (χ0) is 19.8. The highest BCUT2D eigenvalue weighted by atomic mass is 35.5. The van der Waals surface area contributed by atoms with Crippen molar-refractivity contribution >= 4 is 11.6 Å². The Balaban J connectivity index is 1.56. The lowest BCUT2D eigenvalue weighted by atomic mass is 9.93. The first kappa shape index (κ1) is 21.1. The molecule has 3 rings (SSSR count). The summed E-state index contributed by atoms with van der Waals surface area (Å²) in [5, 5.41) is 21.4. The van der Waals surface area contributed by atoms with Crippen molar-refractivity contribution in [1.29, 1.82) is 0 Å². The summed E-state index contributed by atoms with van der Waals surface area (Å²) in [5.74, 6) is 0.313. The molecule has 5 heteroatoms. The molecule has 0 heterocycles. The van der Waals surface area contributed by atoms with Gasteiger partial charge in [0.2, 0.25) is 0 Å². The van der Waals surface area contributed by atoms with Crippen molar-refractivity contribution in [2.75, 3.05) is 13.2 Å². The van der Waals surface area contributed by atoms with Crippen molar-refractivity contribution in [2.24, 2.45) is 0 Å². The van der Waals surface area contributed by atoms with Crippen molar-refractivity contribution in [3.05, 3.63) is 64.7 Å². The predicted octanol–water partition coefficient (Wildman–Crippen LogP) is 4.76. The third kappa shape index (κ3) is 6.21. The first-order chi connectivity index (χ1) is 13.6. The maximum Gasteiger partial charge on any atom is 0.120 e. The summed E-state index contributed by atoms with van der Waals surface area (Å²) in [5.41, 5.74) is 1.83. The van der Waals surface area contributed by atoms with E-state index >= 15 is 0 Å². The number of hydrogen-bond acceptors (Lipinski definition) is 4. The number of phenolic OH excluding ortho intramolecular Hbond substituents is 1. The Morgan fingerprint density at radius 3 is 2.39 bits per heavy atom. The van der Waals surface area contributed by atoms with Gasteiger partial charge in [-0.2, -0.15) is 0 Å². The van der Waals surface area contributed by atoms with Gasteiger partial charge in [-0.05, 0) is 30.5 Å². The van der Waals surface area contributed by atoms with E-state index in [-0.39, 0.29) is 6.61 Å². The molecule has 4 nitrogen and oxygen atoms in total. The Labute approximate surface area is 172 Å². The lowest BCUT2D eigenvalue weighted by Crippen LogP contribution is -2.42. The molecule has 0 saturated heterocycles. The highest BCUT2D eigenvalue weighted by Gasteiger charge is 2.24. The van der Waals surface area contributed by atoms with Gasteiger partial charge in [0.15, 0.2) is 0 Å². The van der Waals surface area contributed by atoms with Crippen LogP contribution in [0.25, 0.3) is 0 Å². The van der Waals surface area contributed by atoms with Crippen LogP contribution in [-0.4, -0.2) is 40.4 Å². The van der Waals surface area contributed by atoms with Gasteiger partial charge in [-0.1, -0.05) is 67.3 Å². The SMILES string of the molecule is Oc1ccccc1CN(CC(O)COCc1ccccc1Cl)C1CCCCC1. The molecule has 0 aromatic heterocycles. The van der Waals surface area contributed by atoms with Gasteiger partial charge in [0.1, 0.15) is 5.75 Å². The van der Waals surface area contributed by atoms with E-state index in [2.05, 4.69) is 4.90 Å². The number of benzene rings is 2. The number of aliphatic hydroxyl groups is 1. The number of nitrogens with zero attached hydrogens (tertiary/aromatic N) is 1. The van der Waals surface area contributed by atoms with E-state index in [1.54, 1.807) is 6.07 Å². The Bertz CT molecular complexity index is 733. The van der Waals surface area contributed by atoms with Crippen molar-refractivity contribution in [3.8, 4) is 5.75 Å². The summed E-state index contributed by atoms with van der Waals surface area (Å²) in [6.07, 6.45) is 5.42. The van der Waals surface area contributed by atoms with Gasteiger partial charge in [-0.25, -0.2) is 0 Å². The number of phenols is 1. The van der Waals surface area contributed by atoms with Crippen LogP contribution in [0.3, 0.4) is 0 Å². The molecule has 28 heavy (non-hydrogen) atoms. The van der Waals surface area contributed by atoms with Crippen LogP contribution in [0.5, 0.6) is 5.75 Å². The summed E-state index contributed by atoms with van der Waals surface area (Å²) in [6.45, 7) is 1.81. The number of halogens is 1. The molecular weight excluding hydrogens is 374 g/mol. The third-order valence-corrected chi connectivity index (χ3v) is 5.80. The molecular formula is C23H30ClNO3. The van der Waals surface area contributed by atoms with E-state index in [1.807, 2.05) is 42.5 Å². The molecule has 1 aliphatic carbocycles. The first-order valence-corrected chi connectivity index (χ1v) is 10.5. The zero-order valence-electron chi connectivity index (χ0n) is 16.3. The molecule has 0 spiro atoms. The Morgan fingerprint density at radius 2 is 1.68 bits per heavy atom. The lowest BCUT2D eigenvalue weighted by Gasteiger charge is -2.35. The quantitative estimate of drug-likeness (QED) is 0.633. The largest absolute Gasteiger partial charge is 0.508 e. The molecule has 0 aliphatic heterocycles. The summed E-state index contributed by atoms with van der Waals surface area (Å²) in [6, 6.07) is 15.5. The number of hydrogen-bond donors (Lipinski definition) is 2. The van der Waals surface area contributed by atoms with Crippen LogP contribution in [0.2, 0.25) is 5.02 Å². The van der Waals surface area contributed by atoms with Gasteiger partial charge in [0.05, 0.1) is 19.3 Å². The Morgan fingerprint density at radius 1 is 1.00 bits per heavy atom. The molecule has 1 fully saturated rings. The minimum atomic E-state index is -0.588. The summed E-state index contributed by atoms with van der Waals surface area (Å²) in [7, 11) is 0. The van der Waals surface area contributed by atoms with E-state index in [0.717, 1.165) is 24.0 Å². The van der Waals surface area contributed by atoms with Crippen LogP contribution in [0.1, 0.15) is 43.2 Å². The molecule has 1 unspecified atom stereocenters. The fourth-order valence-corrected chi connectivity index (χ4v) is 4.09. The van der Waals surface area contributed by atoms with Gasteiger partial charge in [-0.15, -0.1) is 0 Å². The van der Waals surface area contributed by atoms with Gasteiger partial charge < -0.3 is 14.9 Å². The third-order valence-electron chi connectivity index (χ3n) is 5.43. The van der Waals surface area contributed by atoms with E-state index < -0.39 is 6.10 Å². The van der Waals surface area contributed by atoms with E-state index in [9.17, 15) is 10.2 Å². The smallest absolute Gasteiger partial charge is 0.120 e. The molecule has 0 radical (unpaired) electrons. The van der Waals surface area contributed by atoms with Crippen molar-refractivity contribution in [3.63, 3.8) is 0 Å². The fourth-order valence-electron chi connectivity index (χ4n) is 3.90. The normalized spacial score (nSPS) is 16.4. The second-order valence-electron chi connectivity index (χ2n) is 7.61. The predicted molar refractivity (Wildman–Crippen MR) is 113 cm³/mol. The summed E-state index contributed by atoms with van der Waals surface area (Å²) < 4.78 is 5.71. The molecule has 1 atom stereocenters. The molecule has 2 aromatic carbocycles. The Kier molecular flexibility index (Phi) is 8.16. The second kappa shape index (κ2) is 10.8. The second-order valence-corrected chi connectivity index (χ2v) is 8.02. The number of para-hydroxylation sites is 1. The van der Waals surface area contributed by atoms with Crippen LogP contribution >= 0.6 is 11.6 Å². The number of aromatic hydroxyl groups is 1. The highest BCUT2D eigenvalue weighted by Crippen LogP contribution is 2.26. The van der Waals surface area contributed by atoms with Crippen molar-refractivity contribution < 1.29 is 14.9 Å². The topological polar surface area (TPSA) is 52.9 Å². The van der Waals surface area contributed by atoms with Crippen molar-refractivity contribution in [2.45, 2.75) is 57.4 Å². The van der Waals surface area contributed by atoms with E-state index in [1.165, 1.54) is 19.3 Å². The average molecular weight is 404 g/mol. The van der Waals surface area contributed by atoms with Gasteiger partial charge >= 0.3 is 0 Å². The number of rotatable bonds is 9. The lowest BCUT2D eigenvalue weighted by molar-refractivity contribution is -0.00348. The molecule has 152 valence electrons. The number of ether oxygens (including phenoxy) is 1. The summed E-state index contributed by atoms with van der Waals surface area (Å²) >= 11 is 6.16. The van der Waals surface area contributed by atoms with Crippen LogP contribution in [0, 0.1) is 0 Å². The van der Waals surface area contributed by atoms with Gasteiger partial charge in [0.25, 0.3) is 0 Å². The molecule has 0 amide bonds. The van der Waals surface area contributed by atoms with Crippen LogP contribution in [0.4, 0.5) is 0 Å². The maximum absolute atomic E-state index is 10.6. The molecule has 0 bridgehead atoms. The maximum atomic E-state index is 10.6. The molecule has 2 aromatic rings. The van der Waals surface area contributed by atoms with E-state index in [4.69, 9.17) is 16.3 Å². The van der Waals surface area contributed by atoms with Gasteiger partial charge in [0, 0.05) is 29.7 Å². The standard InChI is InChI=1S/C23H30ClNO3/c24-22-12-6-4-9-19(22)16-28-17-21(26)15-25(20-10-2-1-3-11-20)14-18-8-5-7-13-23(18)27/h4-9,12-13,20-21,26-27H,1-3,10-11,14-17H2. The van der Waals surface area contributed by atoms with Crippen LogP contribution in [0.15, 0.2) is 48.5 Å². The monoisotopic (exact) mass is 403 g/mol. The fraction of sp³-hybridized carbons (Fsp3) is 0.478. The minimum Gasteiger partial charge on any atom is -0.508 e. The van der Waals surface area contributed by atoms with E-state index in [0.29, 0.717) is 36.5 Å². The zero-order valence-corrected chi connectivity index (χ0v) is 17.0. The first-order valence-electron chi connectivity index (χ1n) is 10.1. The molecule has 1 aliphatic rings. The van der Waals surface area contributed by atoms with Crippen LogP contribution in [-0.2, 0) is 17.9 Å². The Hall–Kier alpha value is -1.59. The minimum absolute atomic E-state index is 0.259.